The Kier molecular flexibility index (Phi) is 6.10. The lowest BCUT2D eigenvalue weighted by Crippen LogP contribution is -2.19. The number of H-pyrrole nitrogens is 2. The van der Waals surface area contributed by atoms with Crippen molar-refractivity contribution in [3.63, 3.8) is 0 Å². The molecule has 1 amide bonds. The maximum atomic E-state index is 14.1. The number of anilines is 1. The molecule has 3 N–H and O–H groups in total. The molecule has 1 aromatic carbocycles. The summed E-state index contributed by atoms with van der Waals surface area (Å²) in [6.07, 6.45) is 7.15. The molecule has 9 nitrogen and oxygen atoms in total. The smallest absolute Gasteiger partial charge is 0.224 e. The summed E-state index contributed by atoms with van der Waals surface area (Å²) in [5, 5.41) is 11.1. The lowest BCUT2D eigenvalue weighted by Gasteiger charge is -2.17. The average molecular weight is 535 g/mol. The summed E-state index contributed by atoms with van der Waals surface area (Å²) in [6.45, 7) is 7.90. The number of rotatable bonds is 5. The predicted octanol–water partition coefficient (Wildman–Crippen LogP) is 6.45. The number of carbonyl (C=O) groups is 1. The summed E-state index contributed by atoms with van der Waals surface area (Å²) >= 11 is 0. The molecule has 0 spiro atoms. The molecule has 0 saturated carbocycles. The highest BCUT2D eigenvalue weighted by Gasteiger charge is 2.19. The van der Waals surface area contributed by atoms with Gasteiger partial charge in [-0.2, -0.15) is 5.10 Å². The van der Waals surface area contributed by atoms with Gasteiger partial charge in [-0.1, -0.05) is 20.8 Å². The molecule has 6 aromatic rings. The molecule has 0 aliphatic rings. The van der Waals surface area contributed by atoms with E-state index in [1.807, 2.05) is 52.0 Å². The van der Waals surface area contributed by atoms with Crippen LogP contribution in [0.25, 0.3) is 56.0 Å². The van der Waals surface area contributed by atoms with Crippen LogP contribution >= 0.6 is 0 Å². The first kappa shape index (κ1) is 25.3. The summed E-state index contributed by atoms with van der Waals surface area (Å²) in [6, 6.07) is 10.5. The van der Waals surface area contributed by atoms with Gasteiger partial charge in [0.1, 0.15) is 17.0 Å². The number of aromatic amines is 2. The number of benzene rings is 1. The molecule has 6 rings (SSSR count). The molecule has 0 atom stereocenters. The second kappa shape index (κ2) is 9.64. The molecule has 0 aliphatic carbocycles. The molecular weight excluding hydrogens is 507 g/mol. The summed E-state index contributed by atoms with van der Waals surface area (Å²) in [5.41, 5.74) is 6.69. The Morgan fingerprint density at radius 3 is 2.60 bits per heavy atom. The molecule has 0 fully saturated rings. The van der Waals surface area contributed by atoms with Gasteiger partial charge in [0.05, 0.1) is 28.5 Å². The molecule has 5 aromatic heterocycles. The highest BCUT2D eigenvalue weighted by molar-refractivity contribution is 5.96. The van der Waals surface area contributed by atoms with E-state index in [1.54, 1.807) is 24.8 Å². The normalized spacial score (nSPS) is 11.8. The van der Waals surface area contributed by atoms with Gasteiger partial charge >= 0.3 is 0 Å². The molecular formula is C30H27FN8O. The summed E-state index contributed by atoms with van der Waals surface area (Å²) in [7, 11) is 0. The van der Waals surface area contributed by atoms with Gasteiger partial charge in [0, 0.05) is 41.7 Å². The fraction of sp³-hybridized carbons (Fsp3) is 0.200. The quantitative estimate of drug-likeness (QED) is 0.233. The topological polar surface area (TPSA) is 125 Å². The zero-order valence-electron chi connectivity index (χ0n) is 22.5. The predicted molar refractivity (Wildman–Crippen MR) is 153 cm³/mol. The van der Waals surface area contributed by atoms with Crippen LogP contribution in [0.3, 0.4) is 0 Å². The minimum Gasteiger partial charge on any atom is -0.336 e. The van der Waals surface area contributed by atoms with Crippen LogP contribution in [-0.4, -0.2) is 41.0 Å². The van der Waals surface area contributed by atoms with Crippen LogP contribution in [0, 0.1) is 18.2 Å². The molecule has 10 heteroatoms. The SMILES string of the molecule is Cc1cc(F)cc(-c2nccc3[nH]c(-c4n[nH]c5ncc(-c6cncc(NC(=O)CC(C)(C)C)c6)cc45)nc23)c1. The minimum atomic E-state index is -0.325. The van der Waals surface area contributed by atoms with Crippen molar-refractivity contribution in [2.75, 3.05) is 5.32 Å². The number of nitrogens with zero attached hydrogens (tertiary/aromatic N) is 5. The van der Waals surface area contributed by atoms with Crippen LogP contribution < -0.4 is 5.32 Å². The standard InChI is InChI=1S/C30H27FN8O/c1-16-7-17(9-20(31)8-16)25-27-23(5-6-33-25)36-29(37-27)26-22-11-19(14-34-28(22)39-38-26)18-10-21(15-32-13-18)35-24(40)12-30(2,3)4/h5-11,13-15H,12H2,1-4H3,(H,35,40)(H,36,37)(H,34,38,39). The van der Waals surface area contributed by atoms with E-state index in [1.165, 1.54) is 12.1 Å². The number of pyridine rings is 3. The van der Waals surface area contributed by atoms with E-state index in [0.717, 1.165) is 27.6 Å². The van der Waals surface area contributed by atoms with Crippen LogP contribution in [-0.2, 0) is 4.79 Å². The number of aromatic nitrogens is 7. The molecule has 0 saturated heterocycles. The fourth-order valence-electron chi connectivity index (χ4n) is 4.73. The van der Waals surface area contributed by atoms with E-state index >= 15 is 0 Å². The molecule has 0 bridgehead atoms. The third-order valence-electron chi connectivity index (χ3n) is 6.40. The third-order valence-corrected chi connectivity index (χ3v) is 6.40. The third kappa shape index (κ3) is 5.03. The van der Waals surface area contributed by atoms with Gasteiger partial charge in [-0.3, -0.25) is 19.9 Å². The largest absolute Gasteiger partial charge is 0.336 e. The number of halogens is 1. The van der Waals surface area contributed by atoms with Crippen LogP contribution in [0.1, 0.15) is 32.8 Å². The van der Waals surface area contributed by atoms with Gasteiger partial charge in [0.2, 0.25) is 5.91 Å². The van der Waals surface area contributed by atoms with Gasteiger partial charge in [-0.25, -0.2) is 14.4 Å². The first-order valence-corrected chi connectivity index (χ1v) is 12.8. The zero-order chi connectivity index (χ0) is 28.0. The van der Waals surface area contributed by atoms with Crippen LogP contribution in [0.4, 0.5) is 10.1 Å². The second-order valence-electron chi connectivity index (χ2n) is 11.1. The Bertz CT molecular complexity index is 1880. The van der Waals surface area contributed by atoms with Crippen molar-refractivity contribution in [2.45, 2.75) is 34.1 Å². The number of hydrogen-bond acceptors (Lipinski definition) is 6. The lowest BCUT2D eigenvalue weighted by molar-refractivity contribution is -0.117. The number of amides is 1. The maximum Gasteiger partial charge on any atom is 0.224 e. The number of imidazole rings is 1. The van der Waals surface area contributed by atoms with Crippen molar-refractivity contribution in [1.82, 2.24) is 35.1 Å². The van der Waals surface area contributed by atoms with E-state index in [2.05, 4.69) is 35.5 Å². The van der Waals surface area contributed by atoms with Gasteiger partial charge < -0.3 is 10.3 Å². The number of carbonyl (C=O) groups excluding carboxylic acids is 1. The van der Waals surface area contributed by atoms with Crippen LogP contribution in [0.15, 0.2) is 61.2 Å². The molecule has 40 heavy (non-hydrogen) atoms. The van der Waals surface area contributed by atoms with Gasteiger partial charge in [-0.05, 0) is 54.3 Å². The molecule has 0 unspecified atom stereocenters. The van der Waals surface area contributed by atoms with E-state index in [0.29, 0.717) is 46.0 Å². The van der Waals surface area contributed by atoms with E-state index in [9.17, 15) is 9.18 Å². The second-order valence-corrected chi connectivity index (χ2v) is 11.1. The van der Waals surface area contributed by atoms with Crippen molar-refractivity contribution < 1.29 is 9.18 Å². The van der Waals surface area contributed by atoms with Gasteiger partial charge in [0.15, 0.2) is 11.5 Å². The Balaban J connectivity index is 1.37. The Morgan fingerprint density at radius 1 is 0.975 bits per heavy atom. The minimum absolute atomic E-state index is 0.0655. The van der Waals surface area contributed by atoms with Crippen molar-refractivity contribution in [2.24, 2.45) is 5.41 Å². The Hall–Kier alpha value is -4.99. The van der Waals surface area contributed by atoms with E-state index < -0.39 is 0 Å². The highest BCUT2D eigenvalue weighted by atomic mass is 19.1. The van der Waals surface area contributed by atoms with E-state index in [-0.39, 0.29) is 17.1 Å². The Labute approximate surface area is 229 Å². The number of fused-ring (bicyclic) bond motifs is 2. The summed E-state index contributed by atoms with van der Waals surface area (Å²) < 4.78 is 14.1. The first-order valence-electron chi connectivity index (χ1n) is 12.8. The fourth-order valence-corrected chi connectivity index (χ4v) is 4.73. The summed E-state index contributed by atoms with van der Waals surface area (Å²) in [4.78, 5) is 33.9. The number of nitrogens with one attached hydrogen (secondary N) is 3. The van der Waals surface area contributed by atoms with Gasteiger partial charge in [0.25, 0.3) is 0 Å². The van der Waals surface area contributed by atoms with Crippen molar-refractivity contribution in [3.8, 4) is 33.9 Å². The highest BCUT2D eigenvalue weighted by Crippen LogP contribution is 2.32. The number of aryl methyl sites for hydroxylation is 1. The van der Waals surface area contributed by atoms with Crippen molar-refractivity contribution in [1.29, 1.82) is 0 Å². The maximum absolute atomic E-state index is 14.1. The molecule has 0 aliphatic heterocycles. The molecule has 0 radical (unpaired) electrons. The average Bonchev–Trinajstić information content (AvgIpc) is 3.50. The zero-order valence-corrected chi connectivity index (χ0v) is 22.5. The first-order chi connectivity index (χ1) is 19.1. The number of hydrogen-bond donors (Lipinski definition) is 3. The summed E-state index contributed by atoms with van der Waals surface area (Å²) in [5.74, 6) is 0.141. The van der Waals surface area contributed by atoms with E-state index in [4.69, 9.17) is 4.98 Å². The van der Waals surface area contributed by atoms with Crippen LogP contribution in [0.2, 0.25) is 0 Å². The van der Waals surface area contributed by atoms with Gasteiger partial charge in [-0.15, -0.1) is 0 Å². The monoisotopic (exact) mass is 534 g/mol. The lowest BCUT2D eigenvalue weighted by atomic mass is 9.92. The Morgan fingerprint density at radius 2 is 1.80 bits per heavy atom. The molecule has 200 valence electrons. The molecule has 5 heterocycles. The van der Waals surface area contributed by atoms with Crippen LogP contribution in [0.5, 0.6) is 0 Å². The van der Waals surface area contributed by atoms with Crippen molar-refractivity contribution >= 4 is 33.7 Å². The van der Waals surface area contributed by atoms with Crippen molar-refractivity contribution in [3.05, 3.63) is 72.6 Å².